The van der Waals surface area contributed by atoms with Crippen LogP contribution in [-0.4, -0.2) is 5.91 Å². The van der Waals surface area contributed by atoms with Crippen molar-refractivity contribution in [3.05, 3.63) is 77.0 Å². The summed E-state index contributed by atoms with van der Waals surface area (Å²) < 4.78 is 44.5. The van der Waals surface area contributed by atoms with Crippen LogP contribution in [0.1, 0.15) is 16.1 Å². The Morgan fingerprint density at radius 1 is 0.963 bits per heavy atom. The zero-order valence-corrected chi connectivity index (χ0v) is 14.4. The molecule has 0 aliphatic heterocycles. The first kappa shape index (κ1) is 17.4. The number of carbonyl (C=O) groups is 1. The fourth-order valence-corrected chi connectivity index (χ4v) is 3.14. The Balaban J connectivity index is 1.69. The van der Waals surface area contributed by atoms with E-state index in [9.17, 15) is 18.0 Å². The van der Waals surface area contributed by atoms with Gasteiger partial charge in [0.2, 0.25) is 0 Å². The minimum absolute atomic E-state index is 0.00450. The molecule has 3 aromatic carbocycles. The first-order valence-electron chi connectivity index (χ1n) is 7.92. The van der Waals surface area contributed by atoms with Crippen LogP contribution in [0.3, 0.4) is 0 Å². The highest BCUT2D eigenvalue weighted by Crippen LogP contribution is 2.36. The van der Waals surface area contributed by atoms with Crippen molar-refractivity contribution in [2.75, 3.05) is 5.32 Å². The van der Waals surface area contributed by atoms with E-state index in [-0.39, 0.29) is 11.4 Å². The number of rotatable bonds is 2. The predicted octanol–water partition coefficient (Wildman–Crippen LogP) is 6.51. The van der Waals surface area contributed by atoms with Crippen molar-refractivity contribution in [3.63, 3.8) is 0 Å². The maximum absolute atomic E-state index is 13.0. The summed E-state index contributed by atoms with van der Waals surface area (Å²) in [5.74, 6) is -0.643. The molecule has 1 aromatic heterocycles. The van der Waals surface area contributed by atoms with Crippen molar-refractivity contribution in [2.45, 2.75) is 6.18 Å². The maximum atomic E-state index is 13.0. The molecule has 0 bridgehead atoms. The third kappa shape index (κ3) is 3.24. The molecule has 136 valence electrons. The highest BCUT2D eigenvalue weighted by atomic mass is 35.5. The molecule has 4 rings (SSSR count). The predicted molar refractivity (Wildman–Crippen MR) is 98.1 cm³/mol. The van der Waals surface area contributed by atoms with Crippen molar-refractivity contribution in [1.82, 2.24) is 0 Å². The van der Waals surface area contributed by atoms with E-state index in [0.29, 0.717) is 5.58 Å². The van der Waals surface area contributed by atoms with Gasteiger partial charge in [0.1, 0.15) is 5.58 Å². The van der Waals surface area contributed by atoms with Gasteiger partial charge in [-0.2, -0.15) is 13.2 Å². The fourth-order valence-electron chi connectivity index (χ4n) is 2.92. The summed E-state index contributed by atoms with van der Waals surface area (Å²) in [5, 5.41) is 4.65. The van der Waals surface area contributed by atoms with Gasteiger partial charge < -0.3 is 9.73 Å². The van der Waals surface area contributed by atoms with Gasteiger partial charge in [0.15, 0.2) is 5.76 Å². The Morgan fingerprint density at radius 3 is 2.52 bits per heavy atom. The summed E-state index contributed by atoms with van der Waals surface area (Å²) in [5.41, 5.74) is -0.523. The average molecular weight is 390 g/mol. The van der Waals surface area contributed by atoms with Gasteiger partial charge >= 0.3 is 6.18 Å². The summed E-state index contributed by atoms with van der Waals surface area (Å²) in [4.78, 5) is 12.4. The number of anilines is 1. The van der Waals surface area contributed by atoms with Crippen molar-refractivity contribution < 1.29 is 22.4 Å². The number of alkyl halides is 3. The van der Waals surface area contributed by atoms with Crippen LogP contribution in [0.4, 0.5) is 18.9 Å². The van der Waals surface area contributed by atoms with Crippen molar-refractivity contribution in [3.8, 4) is 0 Å². The highest BCUT2D eigenvalue weighted by Gasteiger charge is 2.33. The van der Waals surface area contributed by atoms with Gasteiger partial charge in [-0.25, -0.2) is 0 Å². The summed E-state index contributed by atoms with van der Waals surface area (Å²) in [7, 11) is 0. The molecule has 4 aromatic rings. The smallest absolute Gasteiger partial charge is 0.417 e. The lowest BCUT2D eigenvalue weighted by molar-refractivity contribution is -0.137. The van der Waals surface area contributed by atoms with Crippen LogP contribution >= 0.6 is 11.6 Å². The molecule has 3 nitrogen and oxygen atoms in total. The van der Waals surface area contributed by atoms with E-state index in [1.807, 2.05) is 30.3 Å². The first-order chi connectivity index (χ1) is 12.8. The molecule has 0 saturated heterocycles. The SMILES string of the molecule is O=C(Nc1ccc(Cl)c(C(F)(F)F)c1)c1cc2c(ccc3ccccc32)o1. The number of furan rings is 1. The third-order valence-electron chi connectivity index (χ3n) is 4.18. The van der Waals surface area contributed by atoms with Gasteiger partial charge in [-0.15, -0.1) is 0 Å². The van der Waals surface area contributed by atoms with E-state index < -0.39 is 22.7 Å². The van der Waals surface area contributed by atoms with Gasteiger partial charge in [0.05, 0.1) is 10.6 Å². The summed E-state index contributed by atoms with van der Waals surface area (Å²) in [6.45, 7) is 0. The molecular weight excluding hydrogens is 379 g/mol. The molecule has 0 fully saturated rings. The third-order valence-corrected chi connectivity index (χ3v) is 4.51. The van der Waals surface area contributed by atoms with Crippen LogP contribution in [0.5, 0.6) is 0 Å². The minimum Gasteiger partial charge on any atom is -0.451 e. The second kappa shape index (κ2) is 6.32. The van der Waals surface area contributed by atoms with Gasteiger partial charge in [-0.1, -0.05) is 41.9 Å². The number of hydrogen-bond donors (Lipinski definition) is 1. The van der Waals surface area contributed by atoms with Gasteiger partial charge in [0.25, 0.3) is 5.91 Å². The number of nitrogens with one attached hydrogen (secondary N) is 1. The molecule has 27 heavy (non-hydrogen) atoms. The van der Waals surface area contributed by atoms with E-state index in [1.165, 1.54) is 6.07 Å². The second-order valence-electron chi connectivity index (χ2n) is 5.96. The molecule has 0 saturated carbocycles. The Morgan fingerprint density at radius 2 is 1.74 bits per heavy atom. The number of amides is 1. The molecule has 0 unspecified atom stereocenters. The van der Waals surface area contributed by atoms with Crippen LogP contribution in [0, 0.1) is 0 Å². The quantitative estimate of drug-likeness (QED) is 0.424. The number of carbonyl (C=O) groups excluding carboxylic acids is 1. The van der Waals surface area contributed by atoms with Crippen LogP contribution in [0.25, 0.3) is 21.7 Å². The van der Waals surface area contributed by atoms with Crippen molar-refractivity contribution >= 4 is 44.9 Å². The molecule has 0 radical (unpaired) electrons. The molecule has 0 aliphatic rings. The summed E-state index contributed by atoms with van der Waals surface area (Å²) >= 11 is 5.59. The molecular formula is C20H11ClF3NO2. The zero-order valence-electron chi connectivity index (χ0n) is 13.6. The van der Waals surface area contributed by atoms with Crippen molar-refractivity contribution in [1.29, 1.82) is 0 Å². The van der Waals surface area contributed by atoms with Crippen LogP contribution in [0.15, 0.2) is 65.1 Å². The van der Waals surface area contributed by atoms with Gasteiger partial charge in [-0.3, -0.25) is 4.79 Å². The zero-order chi connectivity index (χ0) is 19.2. The standard InChI is InChI=1S/C20H11ClF3NO2/c21-16-7-6-12(9-15(16)20(22,23)24)25-19(26)18-10-14-13-4-2-1-3-11(13)5-8-17(14)27-18/h1-10H,(H,25,26). The molecule has 0 spiro atoms. The summed E-state index contributed by atoms with van der Waals surface area (Å²) in [6, 6.07) is 16.0. The van der Waals surface area contributed by atoms with E-state index in [4.69, 9.17) is 16.0 Å². The van der Waals surface area contributed by atoms with Crippen LogP contribution < -0.4 is 5.32 Å². The van der Waals surface area contributed by atoms with Gasteiger partial charge in [0, 0.05) is 11.1 Å². The topological polar surface area (TPSA) is 42.2 Å². The van der Waals surface area contributed by atoms with Crippen LogP contribution in [0.2, 0.25) is 5.02 Å². The molecule has 7 heteroatoms. The number of halogens is 4. The number of hydrogen-bond acceptors (Lipinski definition) is 2. The number of fused-ring (bicyclic) bond motifs is 3. The Bertz CT molecular complexity index is 1180. The van der Waals surface area contributed by atoms with Crippen molar-refractivity contribution in [2.24, 2.45) is 0 Å². The Hall–Kier alpha value is -2.99. The molecule has 1 N–H and O–H groups in total. The van der Waals surface area contributed by atoms with E-state index in [0.717, 1.165) is 28.3 Å². The monoisotopic (exact) mass is 389 g/mol. The van der Waals surface area contributed by atoms with Crippen LogP contribution in [-0.2, 0) is 6.18 Å². The molecule has 1 amide bonds. The molecule has 0 aliphatic carbocycles. The minimum atomic E-state index is -4.61. The number of benzene rings is 3. The van der Waals surface area contributed by atoms with E-state index >= 15 is 0 Å². The van der Waals surface area contributed by atoms with E-state index in [2.05, 4.69) is 5.32 Å². The highest BCUT2D eigenvalue weighted by molar-refractivity contribution is 6.31. The average Bonchev–Trinajstić information content (AvgIpc) is 3.07. The van der Waals surface area contributed by atoms with Gasteiger partial charge in [-0.05, 0) is 41.1 Å². The Kier molecular flexibility index (Phi) is 4.08. The largest absolute Gasteiger partial charge is 0.451 e. The lowest BCUT2D eigenvalue weighted by Crippen LogP contribution is -2.12. The summed E-state index contributed by atoms with van der Waals surface area (Å²) in [6.07, 6.45) is -4.61. The molecule has 1 heterocycles. The van der Waals surface area contributed by atoms with E-state index in [1.54, 1.807) is 12.1 Å². The lowest BCUT2D eigenvalue weighted by atomic mass is 10.1. The normalized spacial score (nSPS) is 11.9. The fraction of sp³-hybridized carbons (Fsp3) is 0.0500. The maximum Gasteiger partial charge on any atom is 0.417 e. The molecule has 0 atom stereocenters. The second-order valence-corrected chi connectivity index (χ2v) is 6.36. The lowest BCUT2D eigenvalue weighted by Gasteiger charge is -2.11. The Labute approximate surface area is 156 Å². The first-order valence-corrected chi connectivity index (χ1v) is 8.30.